The van der Waals surface area contributed by atoms with E-state index in [9.17, 15) is 14.4 Å². The zero-order valence-corrected chi connectivity index (χ0v) is 20.4. The van der Waals surface area contributed by atoms with Gasteiger partial charge in [-0.2, -0.15) is 0 Å². The van der Waals surface area contributed by atoms with Gasteiger partial charge in [0.25, 0.3) is 0 Å². The van der Waals surface area contributed by atoms with E-state index in [0.29, 0.717) is 6.42 Å². The van der Waals surface area contributed by atoms with Crippen molar-refractivity contribution in [2.24, 2.45) is 23.7 Å². The molecule has 0 N–H and O–H groups in total. The lowest BCUT2D eigenvalue weighted by Crippen LogP contribution is -2.54. The smallest absolute Gasteiger partial charge is 0.303 e. The molecular weight excluding hydrogens is 420 g/mol. The van der Waals surface area contributed by atoms with Gasteiger partial charge >= 0.3 is 17.9 Å². The van der Waals surface area contributed by atoms with E-state index in [0.717, 1.165) is 0 Å². The summed E-state index contributed by atoms with van der Waals surface area (Å²) in [7, 11) is 0. The van der Waals surface area contributed by atoms with Gasteiger partial charge in [-0.3, -0.25) is 14.4 Å². The van der Waals surface area contributed by atoms with Gasteiger partial charge in [-0.25, -0.2) is 0 Å². The molecule has 2 fully saturated rings. The highest BCUT2D eigenvalue weighted by atomic mass is 16.8. The van der Waals surface area contributed by atoms with Crippen LogP contribution in [-0.4, -0.2) is 61.5 Å². The Labute approximate surface area is 190 Å². The summed E-state index contributed by atoms with van der Waals surface area (Å²) in [6.07, 6.45) is -1.45. The molecule has 0 saturated carbocycles. The first-order chi connectivity index (χ1) is 14.9. The third-order valence-corrected chi connectivity index (χ3v) is 6.83. The molecule has 2 aliphatic heterocycles. The fraction of sp³-hybridized carbons (Fsp3) is 0.870. The fourth-order valence-corrected chi connectivity index (χ4v) is 4.43. The van der Waals surface area contributed by atoms with Gasteiger partial charge in [0.2, 0.25) is 5.79 Å². The molecule has 0 aromatic heterocycles. The average Bonchev–Trinajstić information content (AvgIpc) is 2.97. The quantitative estimate of drug-likeness (QED) is 0.401. The highest BCUT2D eigenvalue weighted by Gasteiger charge is 2.58. The van der Waals surface area contributed by atoms with Crippen LogP contribution in [0.1, 0.15) is 61.8 Å². The van der Waals surface area contributed by atoms with Crippen molar-refractivity contribution < 1.29 is 42.8 Å². The molecule has 0 amide bonds. The summed E-state index contributed by atoms with van der Waals surface area (Å²) in [5, 5.41) is 0. The topological polar surface area (TPSA) is 107 Å². The highest BCUT2D eigenvalue weighted by Crippen LogP contribution is 2.45. The lowest BCUT2D eigenvalue weighted by atomic mass is 9.79. The first kappa shape index (κ1) is 26.5. The summed E-state index contributed by atoms with van der Waals surface area (Å²) in [5.74, 6) is -2.73. The Hall–Kier alpha value is -1.71. The molecule has 0 aromatic carbocycles. The summed E-state index contributed by atoms with van der Waals surface area (Å²) in [6.45, 7) is 13.9. The molecule has 0 spiro atoms. The van der Waals surface area contributed by atoms with Crippen molar-refractivity contribution in [1.29, 1.82) is 0 Å². The second-order valence-electron chi connectivity index (χ2n) is 9.06. The van der Waals surface area contributed by atoms with Crippen LogP contribution in [0.2, 0.25) is 0 Å². The van der Waals surface area contributed by atoms with Crippen LogP contribution in [-0.2, 0) is 42.8 Å². The fourth-order valence-electron chi connectivity index (χ4n) is 4.43. The lowest BCUT2D eigenvalue weighted by Gasteiger charge is -2.46. The van der Waals surface area contributed by atoms with Gasteiger partial charge in [-0.1, -0.05) is 34.6 Å². The van der Waals surface area contributed by atoms with E-state index >= 15 is 0 Å². The number of hydrogen-bond acceptors (Lipinski definition) is 9. The first-order valence-electron chi connectivity index (χ1n) is 11.4. The van der Waals surface area contributed by atoms with Crippen molar-refractivity contribution in [3.8, 4) is 0 Å². The van der Waals surface area contributed by atoms with Crippen LogP contribution in [0.25, 0.3) is 0 Å². The Bertz CT molecular complexity index is 680. The Morgan fingerprint density at radius 2 is 1.47 bits per heavy atom. The maximum atomic E-state index is 11.7. The predicted octanol–water partition coefficient (Wildman–Crippen LogP) is 2.84. The molecule has 0 bridgehead atoms. The van der Waals surface area contributed by atoms with Crippen molar-refractivity contribution in [2.75, 3.05) is 13.2 Å². The lowest BCUT2D eigenvalue weighted by molar-refractivity contribution is -0.362. The molecule has 2 aliphatic rings. The second-order valence-corrected chi connectivity index (χ2v) is 9.06. The van der Waals surface area contributed by atoms with Crippen molar-refractivity contribution in [1.82, 2.24) is 0 Å². The number of carbonyl (C=O) groups excluding carboxylic acids is 3. The van der Waals surface area contributed by atoms with Crippen molar-refractivity contribution in [3.63, 3.8) is 0 Å². The Balaban J connectivity index is 2.31. The third-order valence-electron chi connectivity index (χ3n) is 6.83. The van der Waals surface area contributed by atoms with Gasteiger partial charge in [0, 0.05) is 26.7 Å². The zero-order chi connectivity index (χ0) is 24.2. The summed E-state index contributed by atoms with van der Waals surface area (Å²) in [4.78, 5) is 34.6. The van der Waals surface area contributed by atoms with Crippen LogP contribution >= 0.6 is 0 Å². The van der Waals surface area contributed by atoms with Gasteiger partial charge in [0.15, 0.2) is 6.29 Å². The third kappa shape index (κ3) is 5.99. The molecule has 3 unspecified atom stereocenters. The number of rotatable bonds is 8. The van der Waals surface area contributed by atoms with Crippen LogP contribution in [0.3, 0.4) is 0 Å². The van der Waals surface area contributed by atoms with E-state index in [-0.39, 0.29) is 43.0 Å². The van der Waals surface area contributed by atoms with Gasteiger partial charge < -0.3 is 28.4 Å². The van der Waals surface area contributed by atoms with E-state index in [2.05, 4.69) is 13.8 Å². The van der Waals surface area contributed by atoms with E-state index in [4.69, 9.17) is 28.4 Å². The molecule has 32 heavy (non-hydrogen) atoms. The molecule has 0 aliphatic carbocycles. The van der Waals surface area contributed by atoms with E-state index in [1.165, 1.54) is 20.8 Å². The van der Waals surface area contributed by atoms with Crippen LogP contribution in [0.15, 0.2) is 0 Å². The summed E-state index contributed by atoms with van der Waals surface area (Å²) in [6, 6.07) is 0. The molecular formula is C23H38O9. The van der Waals surface area contributed by atoms with Gasteiger partial charge in [0.1, 0.15) is 19.3 Å². The van der Waals surface area contributed by atoms with Gasteiger partial charge in [-0.15, -0.1) is 0 Å². The Kier molecular flexibility index (Phi) is 9.07. The molecule has 9 atom stereocenters. The Morgan fingerprint density at radius 1 is 0.844 bits per heavy atom. The largest absolute Gasteiger partial charge is 0.463 e. The molecule has 9 nitrogen and oxygen atoms in total. The first-order valence-corrected chi connectivity index (χ1v) is 11.4. The molecule has 0 radical (unpaired) electrons. The predicted molar refractivity (Wildman–Crippen MR) is 113 cm³/mol. The van der Waals surface area contributed by atoms with Crippen LogP contribution < -0.4 is 0 Å². The molecule has 2 saturated heterocycles. The van der Waals surface area contributed by atoms with E-state index < -0.39 is 42.1 Å². The monoisotopic (exact) mass is 458 g/mol. The molecule has 2 heterocycles. The van der Waals surface area contributed by atoms with Crippen molar-refractivity contribution >= 4 is 17.9 Å². The number of hydrogen-bond donors (Lipinski definition) is 0. The minimum atomic E-state index is -1.35. The van der Waals surface area contributed by atoms with Crippen molar-refractivity contribution in [3.05, 3.63) is 0 Å². The van der Waals surface area contributed by atoms with Crippen LogP contribution in [0.4, 0.5) is 0 Å². The standard InChI is InChI=1S/C23H38O9/c1-9-19-21(29-18(8)26)15(5)23(31-19,11-28-17(7)25)32-22-14(4)12(2)13(3)20(30-22)10-27-16(6)24/h12-15,19-22H,9-11H2,1-8H3/t12-,13-,14?,15+,19+,20?,21?,22+,23+/m0/s1. The summed E-state index contributed by atoms with van der Waals surface area (Å²) < 4.78 is 35.0. The maximum absolute atomic E-state index is 11.7. The molecule has 0 aromatic rings. The number of ether oxygens (including phenoxy) is 6. The SMILES string of the molecule is CC[C@H]1O[C@](COC(C)=O)(O[C@H]2OC(COC(C)=O)[C@@H](C)[C@H](C)C2C)[C@H](C)C1OC(C)=O. The zero-order valence-electron chi connectivity index (χ0n) is 20.4. The number of carbonyl (C=O) groups is 3. The minimum Gasteiger partial charge on any atom is -0.463 e. The second kappa shape index (κ2) is 10.9. The Morgan fingerprint density at radius 3 is 2.00 bits per heavy atom. The highest BCUT2D eigenvalue weighted by molar-refractivity contribution is 5.66. The normalized spacial score (nSPS) is 39.4. The summed E-state index contributed by atoms with van der Waals surface area (Å²) in [5.41, 5.74) is 0. The molecule has 2 rings (SSSR count). The van der Waals surface area contributed by atoms with Crippen LogP contribution in [0.5, 0.6) is 0 Å². The van der Waals surface area contributed by atoms with E-state index in [1.807, 2.05) is 20.8 Å². The molecule has 9 heteroatoms. The minimum absolute atomic E-state index is 0.0172. The average molecular weight is 459 g/mol. The molecule has 184 valence electrons. The van der Waals surface area contributed by atoms with Gasteiger partial charge in [0.05, 0.1) is 18.1 Å². The summed E-state index contributed by atoms with van der Waals surface area (Å²) >= 11 is 0. The van der Waals surface area contributed by atoms with Gasteiger partial charge in [-0.05, 0) is 18.3 Å². The maximum Gasteiger partial charge on any atom is 0.303 e. The van der Waals surface area contributed by atoms with Crippen molar-refractivity contribution in [2.45, 2.75) is 92.2 Å². The van der Waals surface area contributed by atoms with Crippen LogP contribution in [0, 0.1) is 23.7 Å². The van der Waals surface area contributed by atoms with E-state index in [1.54, 1.807) is 0 Å². The number of esters is 3.